The Balaban J connectivity index is 1.39. The summed E-state index contributed by atoms with van der Waals surface area (Å²) in [5.41, 5.74) is 0.944. The maximum atomic E-state index is 13.9. The van der Waals surface area contributed by atoms with Crippen molar-refractivity contribution in [1.82, 2.24) is 4.90 Å². The van der Waals surface area contributed by atoms with Gasteiger partial charge in [0.15, 0.2) is 9.84 Å². The summed E-state index contributed by atoms with van der Waals surface area (Å²) in [6.07, 6.45) is -4.27. The van der Waals surface area contributed by atoms with Crippen molar-refractivity contribution in [2.75, 3.05) is 13.1 Å². The van der Waals surface area contributed by atoms with Crippen molar-refractivity contribution in [2.24, 2.45) is 0 Å². The molecule has 1 aliphatic heterocycles. The Hall–Kier alpha value is -3.05. The number of ether oxygens (including phenoxy) is 1. The SMILES string of the molecule is O=S(=O)(c1ccc(-c2ccc(OC(F)(F)F)cc2)cc1)C1CCN(Cc2c(F)cc(F)cc2F)CC1. The third-order valence-electron chi connectivity index (χ3n) is 6.07. The van der Waals surface area contributed by atoms with Crippen LogP contribution < -0.4 is 4.74 Å². The molecule has 3 aromatic rings. The van der Waals surface area contributed by atoms with Crippen molar-refractivity contribution in [3.8, 4) is 16.9 Å². The van der Waals surface area contributed by atoms with Gasteiger partial charge in [0.05, 0.1) is 10.1 Å². The highest BCUT2D eigenvalue weighted by Gasteiger charge is 2.32. The molecule has 4 rings (SSSR count). The van der Waals surface area contributed by atoms with Gasteiger partial charge in [0.2, 0.25) is 0 Å². The lowest BCUT2D eigenvalue weighted by Crippen LogP contribution is -2.39. The Morgan fingerprint density at radius 2 is 1.33 bits per heavy atom. The van der Waals surface area contributed by atoms with Crippen LogP contribution in [0.25, 0.3) is 11.1 Å². The van der Waals surface area contributed by atoms with Crippen LogP contribution in [0.15, 0.2) is 65.6 Å². The summed E-state index contributed by atoms with van der Waals surface area (Å²) in [6.45, 7) is 0.501. The van der Waals surface area contributed by atoms with Crippen molar-refractivity contribution in [3.05, 3.63) is 83.7 Å². The Kier molecular flexibility index (Phi) is 7.33. The second kappa shape index (κ2) is 10.1. The van der Waals surface area contributed by atoms with Crippen LogP contribution in [0.1, 0.15) is 18.4 Å². The van der Waals surface area contributed by atoms with Crippen LogP contribution in [-0.2, 0) is 16.4 Å². The van der Waals surface area contributed by atoms with E-state index in [1.54, 1.807) is 17.0 Å². The van der Waals surface area contributed by atoms with Gasteiger partial charge in [-0.2, -0.15) is 0 Å². The number of rotatable bonds is 6. The summed E-state index contributed by atoms with van der Waals surface area (Å²) in [7, 11) is -3.68. The lowest BCUT2D eigenvalue weighted by molar-refractivity contribution is -0.274. The highest BCUT2D eigenvalue weighted by Crippen LogP contribution is 2.30. The van der Waals surface area contributed by atoms with E-state index >= 15 is 0 Å². The van der Waals surface area contributed by atoms with E-state index in [1.807, 2.05) is 0 Å². The molecule has 0 amide bonds. The molecule has 1 heterocycles. The van der Waals surface area contributed by atoms with Crippen LogP contribution in [-0.4, -0.2) is 38.0 Å². The molecule has 0 aliphatic carbocycles. The predicted octanol–water partition coefficient (Wildman–Crippen LogP) is 6.11. The number of sulfone groups is 1. The summed E-state index contributed by atoms with van der Waals surface area (Å²) in [5, 5.41) is -0.679. The van der Waals surface area contributed by atoms with E-state index in [0.29, 0.717) is 36.3 Å². The first kappa shape index (κ1) is 26.0. The molecule has 0 saturated carbocycles. The van der Waals surface area contributed by atoms with Crippen LogP contribution in [0.4, 0.5) is 26.3 Å². The Morgan fingerprint density at radius 3 is 1.83 bits per heavy atom. The molecule has 1 fully saturated rings. The molecule has 11 heteroatoms. The molecule has 36 heavy (non-hydrogen) atoms. The second-order valence-electron chi connectivity index (χ2n) is 8.47. The van der Waals surface area contributed by atoms with E-state index < -0.39 is 38.9 Å². The molecule has 4 nitrogen and oxygen atoms in total. The average molecular weight is 530 g/mol. The molecule has 1 aliphatic rings. The number of hydrogen-bond donors (Lipinski definition) is 0. The topological polar surface area (TPSA) is 46.6 Å². The van der Waals surface area contributed by atoms with Gasteiger partial charge in [-0.15, -0.1) is 13.2 Å². The molecule has 1 saturated heterocycles. The van der Waals surface area contributed by atoms with Crippen molar-refractivity contribution >= 4 is 9.84 Å². The van der Waals surface area contributed by atoms with Gasteiger partial charge >= 0.3 is 6.36 Å². The average Bonchev–Trinajstić information content (AvgIpc) is 2.81. The first-order chi connectivity index (χ1) is 16.9. The number of piperidine rings is 1. The number of hydrogen-bond acceptors (Lipinski definition) is 4. The second-order valence-corrected chi connectivity index (χ2v) is 10.7. The minimum atomic E-state index is -4.79. The van der Waals surface area contributed by atoms with Gasteiger partial charge in [0.25, 0.3) is 0 Å². The molecule has 3 aromatic carbocycles. The molecular formula is C25H21F6NO3S. The third kappa shape index (κ3) is 6.01. The quantitative estimate of drug-likeness (QED) is 0.362. The van der Waals surface area contributed by atoms with Crippen molar-refractivity contribution in [3.63, 3.8) is 0 Å². The van der Waals surface area contributed by atoms with Crippen LogP contribution in [0.2, 0.25) is 0 Å². The van der Waals surface area contributed by atoms with Crippen molar-refractivity contribution in [2.45, 2.75) is 35.9 Å². The van der Waals surface area contributed by atoms with Crippen molar-refractivity contribution in [1.29, 1.82) is 0 Å². The zero-order valence-electron chi connectivity index (χ0n) is 18.7. The molecule has 0 bridgehead atoms. The van der Waals surface area contributed by atoms with E-state index in [4.69, 9.17) is 0 Å². The lowest BCUT2D eigenvalue weighted by atomic mass is 10.1. The standard InChI is InChI=1S/C25H21F6NO3S/c26-18-13-23(27)22(24(28)14-18)15-32-11-9-21(10-12-32)36(33,34)20-7-3-17(4-8-20)16-1-5-19(6-2-16)35-25(29,30)31/h1-8,13-14,21H,9-12,15H2. The monoisotopic (exact) mass is 529 g/mol. The van der Waals surface area contributed by atoms with E-state index in [-0.39, 0.29) is 35.6 Å². The van der Waals surface area contributed by atoms with Crippen LogP contribution in [0.3, 0.4) is 0 Å². The fourth-order valence-corrected chi connectivity index (χ4v) is 5.93. The summed E-state index contributed by atoms with van der Waals surface area (Å²) < 4.78 is 108. The zero-order valence-corrected chi connectivity index (χ0v) is 19.6. The highest BCUT2D eigenvalue weighted by molar-refractivity contribution is 7.92. The molecule has 0 atom stereocenters. The van der Waals surface area contributed by atoms with Gasteiger partial charge in [-0.25, -0.2) is 21.6 Å². The fraction of sp³-hybridized carbons (Fsp3) is 0.280. The Labute approximate surface area is 204 Å². The van der Waals surface area contributed by atoms with Crippen LogP contribution in [0, 0.1) is 17.5 Å². The molecule has 0 spiro atoms. The van der Waals surface area contributed by atoms with Gasteiger partial charge in [-0.05, 0) is 61.3 Å². The maximum Gasteiger partial charge on any atom is 0.573 e. The molecule has 0 aromatic heterocycles. The molecule has 0 N–H and O–H groups in total. The lowest BCUT2D eigenvalue weighted by Gasteiger charge is -2.31. The van der Waals surface area contributed by atoms with Crippen LogP contribution in [0.5, 0.6) is 5.75 Å². The minimum absolute atomic E-state index is 0.0911. The van der Waals surface area contributed by atoms with Gasteiger partial charge in [0.1, 0.15) is 23.2 Å². The third-order valence-corrected chi connectivity index (χ3v) is 8.34. The van der Waals surface area contributed by atoms with Gasteiger partial charge in [-0.3, -0.25) is 4.90 Å². The molecule has 192 valence electrons. The minimum Gasteiger partial charge on any atom is -0.406 e. The van der Waals surface area contributed by atoms with Crippen LogP contribution >= 0.6 is 0 Å². The summed E-state index contributed by atoms with van der Waals surface area (Å²) >= 11 is 0. The molecule has 0 unspecified atom stereocenters. The number of nitrogens with zero attached hydrogens (tertiary/aromatic N) is 1. The van der Waals surface area contributed by atoms with E-state index in [2.05, 4.69) is 4.74 Å². The van der Waals surface area contributed by atoms with Crippen molar-refractivity contribution < 1.29 is 39.5 Å². The summed E-state index contributed by atoms with van der Waals surface area (Å²) in [4.78, 5) is 1.83. The van der Waals surface area contributed by atoms with Gasteiger partial charge < -0.3 is 4.74 Å². The number of benzene rings is 3. The fourth-order valence-electron chi connectivity index (χ4n) is 4.20. The van der Waals surface area contributed by atoms with E-state index in [1.165, 1.54) is 36.4 Å². The molecular weight excluding hydrogens is 508 g/mol. The predicted molar refractivity (Wildman–Crippen MR) is 120 cm³/mol. The Morgan fingerprint density at radius 1 is 0.833 bits per heavy atom. The normalized spacial score (nSPS) is 15.7. The van der Waals surface area contributed by atoms with E-state index in [0.717, 1.165) is 0 Å². The zero-order chi connectivity index (χ0) is 26.1. The summed E-state index contributed by atoms with van der Waals surface area (Å²) in [6, 6.07) is 12.5. The smallest absolute Gasteiger partial charge is 0.406 e. The number of halogens is 6. The Bertz CT molecular complexity index is 1290. The largest absolute Gasteiger partial charge is 0.573 e. The number of alkyl halides is 3. The first-order valence-corrected chi connectivity index (χ1v) is 12.5. The first-order valence-electron chi connectivity index (χ1n) is 11.0. The highest BCUT2D eigenvalue weighted by atomic mass is 32.2. The maximum absolute atomic E-state index is 13.9. The van der Waals surface area contributed by atoms with Gasteiger partial charge in [-0.1, -0.05) is 24.3 Å². The number of likely N-dealkylation sites (tertiary alicyclic amines) is 1. The summed E-state index contributed by atoms with van der Waals surface area (Å²) in [5.74, 6) is -3.33. The molecule has 0 radical (unpaired) electrons. The van der Waals surface area contributed by atoms with Gasteiger partial charge in [0, 0.05) is 24.2 Å². The van der Waals surface area contributed by atoms with E-state index in [9.17, 15) is 34.8 Å².